The van der Waals surface area contributed by atoms with Gasteiger partial charge in [-0.25, -0.2) is 9.18 Å². The average molecular weight is 454 g/mol. The Morgan fingerprint density at radius 1 is 1.06 bits per heavy atom. The maximum atomic E-state index is 15.2. The SMILES string of the molecule is O=c1oc2c(F)c(O[C@@H]3O[C@H](CO)[C@@H](O)[C@H](O)[C@H]3O)cc(F)c2c2ccc3c(c12)OCO3. The summed E-state index contributed by atoms with van der Waals surface area (Å²) in [4.78, 5) is 12.5. The van der Waals surface area contributed by atoms with Crippen LogP contribution in [-0.4, -0.2) is 64.5 Å². The summed E-state index contributed by atoms with van der Waals surface area (Å²) >= 11 is 0. The van der Waals surface area contributed by atoms with Crippen LogP contribution in [0.15, 0.2) is 27.4 Å². The van der Waals surface area contributed by atoms with Crippen molar-refractivity contribution >= 4 is 21.7 Å². The zero-order valence-electron chi connectivity index (χ0n) is 16.0. The number of rotatable bonds is 3. The molecule has 2 aliphatic heterocycles. The van der Waals surface area contributed by atoms with E-state index in [-0.39, 0.29) is 34.5 Å². The Balaban J connectivity index is 1.62. The maximum Gasteiger partial charge on any atom is 0.348 e. The molecule has 0 saturated carbocycles. The normalized spacial score (nSPS) is 27.2. The molecule has 2 aliphatic rings. The van der Waals surface area contributed by atoms with Gasteiger partial charge in [-0.1, -0.05) is 0 Å². The quantitative estimate of drug-likeness (QED) is 0.318. The lowest BCUT2D eigenvalue weighted by molar-refractivity contribution is -0.277. The molecule has 1 saturated heterocycles. The van der Waals surface area contributed by atoms with Crippen LogP contribution >= 0.6 is 0 Å². The Hall–Kier alpha value is -3.03. The fourth-order valence-electron chi connectivity index (χ4n) is 3.83. The molecule has 1 aromatic heterocycles. The Bertz CT molecular complexity index is 1270. The van der Waals surface area contributed by atoms with E-state index in [0.717, 1.165) is 0 Å². The molecule has 3 heterocycles. The predicted molar refractivity (Wildman–Crippen MR) is 100 cm³/mol. The van der Waals surface area contributed by atoms with Crippen LogP contribution in [0.1, 0.15) is 0 Å². The number of hydrogen-bond donors (Lipinski definition) is 4. The molecule has 0 aliphatic carbocycles. The van der Waals surface area contributed by atoms with Gasteiger partial charge in [0.15, 0.2) is 22.8 Å². The van der Waals surface area contributed by atoms with Crippen LogP contribution in [0.3, 0.4) is 0 Å². The van der Waals surface area contributed by atoms with E-state index in [1.54, 1.807) is 0 Å². The number of aliphatic hydroxyl groups excluding tert-OH is 4. The van der Waals surface area contributed by atoms with Gasteiger partial charge in [-0.05, 0) is 12.1 Å². The summed E-state index contributed by atoms with van der Waals surface area (Å²) < 4.78 is 56.1. The first-order chi connectivity index (χ1) is 15.3. The maximum absolute atomic E-state index is 15.2. The highest BCUT2D eigenvalue weighted by Gasteiger charge is 2.45. The molecular formula is C20H16F2O10. The van der Waals surface area contributed by atoms with E-state index in [4.69, 9.17) is 23.4 Å². The first-order valence-electron chi connectivity index (χ1n) is 9.46. The highest BCUT2D eigenvalue weighted by Crippen LogP contribution is 2.41. The Morgan fingerprint density at radius 3 is 2.59 bits per heavy atom. The van der Waals surface area contributed by atoms with Crippen molar-refractivity contribution in [1.82, 2.24) is 0 Å². The van der Waals surface area contributed by atoms with Gasteiger partial charge in [-0.3, -0.25) is 0 Å². The molecule has 170 valence electrons. The van der Waals surface area contributed by atoms with Gasteiger partial charge in [-0.2, -0.15) is 4.39 Å². The molecule has 5 rings (SSSR count). The standard InChI is InChI=1S/C20H16F2O10/c21-7-3-9(30-20-16(26)15(25)14(24)10(4-23)31-20)13(22)18-11(7)6-1-2-8-17(29-5-28-8)12(6)19(27)32-18/h1-3,10,14-16,20,23-26H,4-5H2/t10-,14-,15+,16-,20-/m1/s1. The third-order valence-corrected chi connectivity index (χ3v) is 5.44. The number of halogens is 2. The summed E-state index contributed by atoms with van der Waals surface area (Å²) in [7, 11) is 0. The molecule has 0 bridgehead atoms. The van der Waals surface area contributed by atoms with Crippen LogP contribution in [0.5, 0.6) is 17.2 Å². The van der Waals surface area contributed by atoms with E-state index in [0.29, 0.717) is 6.07 Å². The van der Waals surface area contributed by atoms with Crippen LogP contribution in [-0.2, 0) is 4.74 Å². The Labute approximate surface area is 176 Å². The third-order valence-electron chi connectivity index (χ3n) is 5.44. The molecule has 0 radical (unpaired) electrons. The van der Waals surface area contributed by atoms with E-state index in [2.05, 4.69) is 0 Å². The Kier molecular flexibility index (Phi) is 4.91. The minimum Gasteiger partial charge on any atom is -0.459 e. The Morgan fingerprint density at radius 2 is 1.84 bits per heavy atom. The predicted octanol–water partition coefficient (Wildman–Crippen LogP) is 0.132. The average Bonchev–Trinajstić information content (AvgIpc) is 3.26. The van der Waals surface area contributed by atoms with Gasteiger partial charge >= 0.3 is 5.63 Å². The molecule has 1 fully saturated rings. The van der Waals surface area contributed by atoms with Crippen molar-refractivity contribution in [3.05, 3.63) is 40.3 Å². The molecule has 10 nitrogen and oxygen atoms in total. The minimum absolute atomic E-state index is 0.0243. The third kappa shape index (κ3) is 2.99. The van der Waals surface area contributed by atoms with Gasteiger partial charge in [0.05, 0.1) is 12.0 Å². The van der Waals surface area contributed by atoms with Gasteiger partial charge in [0.2, 0.25) is 18.9 Å². The summed E-state index contributed by atoms with van der Waals surface area (Å²) in [5.74, 6) is -2.77. The molecule has 3 aromatic rings. The van der Waals surface area contributed by atoms with Gasteiger partial charge in [0.1, 0.15) is 35.6 Å². The molecule has 0 spiro atoms. The number of aliphatic hydroxyl groups is 4. The summed E-state index contributed by atoms with van der Waals surface area (Å²) in [6.07, 6.45) is -8.39. The van der Waals surface area contributed by atoms with E-state index in [1.165, 1.54) is 12.1 Å². The zero-order valence-corrected chi connectivity index (χ0v) is 16.0. The fourth-order valence-corrected chi connectivity index (χ4v) is 3.83. The topological polar surface area (TPSA) is 148 Å². The van der Waals surface area contributed by atoms with Crippen molar-refractivity contribution in [1.29, 1.82) is 0 Å². The van der Waals surface area contributed by atoms with Gasteiger partial charge in [0, 0.05) is 11.5 Å². The van der Waals surface area contributed by atoms with Crippen molar-refractivity contribution < 1.29 is 52.6 Å². The summed E-state index contributed by atoms with van der Waals surface area (Å²) in [6.45, 7) is -0.884. The lowest BCUT2D eigenvalue weighted by atomic mass is 9.99. The lowest BCUT2D eigenvalue weighted by Gasteiger charge is -2.39. The summed E-state index contributed by atoms with van der Waals surface area (Å²) in [5.41, 5.74) is -1.75. The number of benzene rings is 2. The molecule has 0 unspecified atom stereocenters. The number of fused-ring (bicyclic) bond motifs is 5. The lowest BCUT2D eigenvalue weighted by Crippen LogP contribution is -2.60. The molecule has 4 N–H and O–H groups in total. The van der Waals surface area contributed by atoms with Gasteiger partial charge in [0.25, 0.3) is 0 Å². The molecule has 2 aromatic carbocycles. The molecular weight excluding hydrogens is 438 g/mol. The summed E-state index contributed by atoms with van der Waals surface area (Å²) in [5, 5.41) is 38.6. The highest BCUT2D eigenvalue weighted by atomic mass is 19.1. The van der Waals surface area contributed by atoms with Crippen molar-refractivity contribution in [3.8, 4) is 17.2 Å². The van der Waals surface area contributed by atoms with Gasteiger partial charge in [-0.15, -0.1) is 0 Å². The smallest absolute Gasteiger partial charge is 0.348 e. The minimum atomic E-state index is -1.85. The van der Waals surface area contributed by atoms with E-state index in [9.17, 15) is 25.2 Å². The zero-order chi connectivity index (χ0) is 22.7. The van der Waals surface area contributed by atoms with Crippen molar-refractivity contribution in [2.45, 2.75) is 30.7 Å². The van der Waals surface area contributed by atoms with Crippen LogP contribution < -0.4 is 19.8 Å². The molecule has 0 amide bonds. The van der Waals surface area contributed by atoms with Crippen molar-refractivity contribution in [3.63, 3.8) is 0 Å². The van der Waals surface area contributed by atoms with E-state index in [1.807, 2.05) is 0 Å². The number of hydrogen-bond acceptors (Lipinski definition) is 10. The van der Waals surface area contributed by atoms with Crippen molar-refractivity contribution in [2.75, 3.05) is 13.4 Å². The second kappa shape index (κ2) is 7.53. The second-order valence-corrected chi connectivity index (χ2v) is 7.30. The summed E-state index contributed by atoms with van der Waals surface area (Å²) in [6, 6.07) is 3.46. The second-order valence-electron chi connectivity index (χ2n) is 7.30. The molecule has 32 heavy (non-hydrogen) atoms. The largest absolute Gasteiger partial charge is 0.459 e. The molecule has 5 atom stereocenters. The van der Waals surface area contributed by atoms with Crippen LogP contribution in [0, 0.1) is 11.6 Å². The first-order valence-corrected chi connectivity index (χ1v) is 9.46. The molecule has 12 heteroatoms. The monoisotopic (exact) mass is 454 g/mol. The van der Waals surface area contributed by atoms with Gasteiger partial charge < -0.3 is 43.8 Å². The van der Waals surface area contributed by atoms with Crippen LogP contribution in [0.2, 0.25) is 0 Å². The fraction of sp³-hybridized carbons (Fsp3) is 0.350. The van der Waals surface area contributed by atoms with Crippen molar-refractivity contribution in [2.24, 2.45) is 0 Å². The van der Waals surface area contributed by atoms with Crippen LogP contribution in [0.25, 0.3) is 21.7 Å². The van der Waals surface area contributed by atoms with Crippen LogP contribution in [0.4, 0.5) is 8.78 Å². The highest BCUT2D eigenvalue weighted by molar-refractivity contribution is 6.08. The van der Waals surface area contributed by atoms with E-state index < -0.39 is 65.9 Å². The van der Waals surface area contributed by atoms with E-state index >= 15 is 8.78 Å². The first kappa shape index (κ1) is 20.8. The number of ether oxygens (including phenoxy) is 4.